The zero-order valence-corrected chi connectivity index (χ0v) is 24.9. The summed E-state index contributed by atoms with van der Waals surface area (Å²) in [6.07, 6.45) is 1.92. The third-order valence-corrected chi connectivity index (χ3v) is 7.84. The Morgan fingerprint density at radius 2 is 1.59 bits per heavy atom. The number of ether oxygens (including phenoxy) is 1. The molecule has 2 heterocycles. The molecule has 8 nitrogen and oxygen atoms in total. The van der Waals surface area contributed by atoms with Crippen molar-refractivity contribution in [2.75, 3.05) is 4.90 Å². The minimum absolute atomic E-state index is 0.140. The van der Waals surface area contributed by atoms with Crippen LogP contribution in [0.1, 0.15) is 74.4 Å². The van der Waals surface area contributed by atoms with Gasteiger partial charge >= 0.3 is 5.97 Å². The minimum atomic E-state index is -0.403. The molecule has 0 aliphatic carbocycles. The van der Waals surface area contributed by atoms with E-state index in [2.05, 4.69) is 62.2 Å². The largest absolute Gasteiger partial charge is 0.422 e. The van der Waals surface area contributed by atoms with Gasteiger partial charge in [-0.15, -0.1) is 5.10 Å². The summed E-state index contributed by atoms with van der Waals surface area (Å²) in [4.78, 5) is 30.3. The molecule has 0 spiro atoms. The third-order valence-electron chi connectivity index (χ3n) is 6.76. The molecule has 0 fully saturated rings. The summed E-state index contributed by atoms with van der Waals surface area (Å²) in [5.41, 5.74) is 3.24. The quantitative estimate of drug-likeness (QED) is 0.163. The number of anilines is 1. The molecule has 4 aromatic rings. The SMILES string of the molecule is CC(C)(C)c1cc(/C=C2\Sc3ccccc3N(Cc3nnn[nH]3)C2=O)cc(C(C)(C)C)c1OC(=O)c1ccccc1. The number of aromatic nitrogens is 4. The molecular weight excluding hydrogens is 534 g/mol. The number of hydrogen-bond donors (Lipinski definition) is 1. The summed E-state index contributed by atoms with van der Waals surface area (Å²) >= 11 is 1.44. The van der Waals surface area contributed by atoms with Crippen molar-refractivity contribution in [1.29, 1.82) is 0 Å². The highest BCUT2D eigenvalue weighted by molar-refractivity contribution is 8.04. The van der Waals surface area contributed by atoms with E-state index in [0.29, 0.717) is 22.0 Å². The van der Waals surface area contributed by atoms with Crippen LogP contribution in [0.3, 0.4) is 0 Å². The van der Waals surface area contributed by atoms with Gasteiger partial charge in [0.05, 0.1) is 22.7 Å². The summed E-state index contributed by atoms with van der Waals surface area (Å²) < 4.78 is 6.14. The van der Waals surface area contributed by atoms with Crippen molar-refractivity contribution in [2.45, 2.75) is 63.8 Å². The third kappa shape index (κ3) is 6.10. The lowest BCUT2D eigenvalue weighted by Gasteiger charge is -2.31. The summed E-state index contributed by atoms with van der Waals surface area (Å²) in [7, 11) is 0. The number of hydrogen-bond acceptors (Lipinski definition) is 7. The van der Waals surface area contributed by atoms with Gasteiger partial charge in [0.1, 0.15) is 5.75 Å². The van der Waals surface area contributed by atoms with E-state index in [-0.39, 0.29) is 23.3 Å². The molecule has 210 valence electrons. The Morgan fingerprint density at radius 3 is 2.20 bits per heavy atom. The van der Waals surface area contributed by atoms with Gasteiger partial charge in [0, 0.05) is 16.0 Å². The van der Waals surface area contributed by atoms with Crippen LogP contribution in [-0.4, -0.2) is 32.5 Å². The molecule has 0 saturated carbocycles. The first-order valence-electron chi connectivity index (χ1n) is 13.4. The van der Waals surface area contributed by atoms with Gasteiger partial charge < -0.3 is 4.74 Å². The van der Waals surface area contributed by atoms with E-state index in [0.717, 1.165) is 27.3 Å². The average molecular weight is 568 g/mol. The predicted octanol–water partition coefficient (Wildman–Crippen LogP) is 6.69. The molecule has 1 aliphatic heterocycles. The number of para-hydroxylation sites is 1. The number of tetrazole rings is 1. The van der Waals surface area contributed by atoms with Crippen LogP contribution in [0.5, 0.6) is 5.75 Å². The molecule has 1 aromatic heterocycles. The van der Waals surface area contributed by atoms with Crippen LogP contribution in [0.15, 0.2) is 76.5 Å². The van der Waals surface area contributed by atoms with Crippen LogP contribution in [0.2, 0.25) is 0 Å². The summed E-state index contributed by atoms with van der Waals surface area (Å²) in [5.74, 6) is 0.515. The summed E-state index contributed by atoms with van der Waals surface area (Å²) in [6, 6.07) is 20.8. The van der Waals surface area contributed by atoms with Crippen LogP contribution in [0.25, 0.3) is 6.08 Å². The molecule has 0 atom stereocenters. The van der Waals surface area contributed by atoms with Gasteiger partial charge in [0.15, 0.2) is 5.82 Å². The molecule has 0 radical (unpaired) electrons. The Hall–Kier alpha value is -4.24. The molecule has 1 aliphatic rings. The second-order valence-corrected chi connectivity index (χ2v) is 13.1. The van der Waals surface area contributed by atoms with Gasteiger partial charge in [-0.1, -0.05) is 83.6 Å². The predicted molar refractivity (Wildman–Crippen MR) is 161 cm³/mol. The number of thioether (sulfide) groups is 1. The van der Waals surface area contributed by atoms with Crippen LogP contribution in [0.4, 0.5) is 5.69 Å². The van der Waals surface area contributed by atoms with Gasteiger partial charge in [-0.3, -0.25) is 9.69 Å². The normalized spacial score (nSPS) is 14.7. The zero-order valence-electron chi connectivity index (χ0n) is 24.1. The maximum Gasteiger partial charge on any atom is 0.343 e. The lowest BCUT2D eigenvalue weighted by atomic mass is 9.78. The second-order valence-electron chi connectivity index (χ2n) is 12.0. The summed E-state index contributed by atoms with van der Waals surface area (Å²) in [5, 5.41) is 14.0. The lowest BCUT2D eigenvalue weighted by Crippen LogP contribution is -2.34. The fourth-order valence-corrected chi connectivity index (χ4v) is 5.71. The van der Waals surface area contributed by atoms with E-state index in [9.17, 15) is 9.59 Å². The standard InChI is InChI=1S/C32H33N5O3S/c1-31(2,3)22-16-20(17-23(32(4,5)6)28(22)40-30(39)21-12-8-7-9-13-21)18-26-29(38)37(19-27-33-35-36-34-27)24-14-10-11-15-25(24)41-26/h7-18H,19H2,1-6H3,(H,33,34,35,36)/b26-18-. The molecule has 0 saturated heterocycles. The van der Waals surface area contributed by atoms with Crippen molar-refractivity contribution in [3.63, 3.8) is 0 Å². The van der Waals surface area contributed by atoms with Crippen LogP contribution in [-0.2, 0) is 22.2 Å². The zero-order chi connectivity index (χ0) is 29.4. The number of esters is 1. The Morgan fingerprint density at radius 1 is 0.951 bits per heavy atom. The first kappa shape index (κ1) is 28.3. The van der Waals surface area contributed by atoms with Crippen molar-refractivity contribution in [2.24, 2.45) is 0 Å². The topological polar surface area (TPSA) is 101 Å². The summed E-state index contributed by atoms with van der Waals surface area (Å²) in [6.45, 7) is 12.8. The number of carbonyl (C=O) groups is 2. The molecule has 9 heteroatoms. The van der Waals surface area contributed by atoms with Gasteiger partial charge in [-0.25, -0.2) is 9.89 Å². The van der Waals surface area contributed by atoms with Crippen molar-refractivity contribution < 1.29 is 14.3 Å². The number of H-pyrrole nitrogens is 1. The number of carbonyl (C=O) groups excluding carboxylic acids is 2. The van der Waals surface area contributed by atoms with Gasteiger partial charge in [-0.05, 0) is 69.3 Å². The molecule has 1 amide bonds. The minimum Gasteiger partial charge on any atom is -0.422 e. The van der Waals surface area contributed by atoms with E-state index < -0.39 is 5.97 Å². The molecular formula is C32H33N5O3S. The van der Waals surface area contributed by atoms with Crippen molar-refractivity contribution >= 4 is 35.4 Å². The van der Waals surface area contributed by atoms with Crippen LogP contribution in [0, 0.1) is 0 Å². The Balaban J connectivity index is 1.61. The molecule has 0 bridgehead atoms. The number of nitrogens with zero attached hydrogens (tertiary/aromatic N) is 4. The van der Waals surface area contributed by atoms with E-state index in [1.54, 1.807) is 17.0 Å². The van der Waals surface area contributed by atoms with Gasteiger partial charge in [0.25, 0.3) is 5.91 Å². The van der Waals surface area contributed by atoms with Crippen molar-refractivity contribution in [3.05, 3.63) is 99.7 Å². The molecule has 0 unspecified atom stereocenters. The number of fused-ring (bicyclic) bond motifs is 1. The molecule has 5 rings (SSSR count). The smallest absolute Gasteiger partial charge is 0.343 e. The highest BCUT2D eigenvalue weighted by Crippen LogP contribution is 2.45. The van der Waals surface area contributed by atoms with E-state index in [1.165, 1.54) is 11.8 Å². The highest BCUT2D eigenvalue weighted by atomic mass is 32.2. The van der Waals surface area contributed by atoms with Gasteiger partial charge in [0.2, 0.25) is 0 Å². The number of amides is 1. The van der Waals surface area contributed by atoms with E-state index >= 15 is 0 Å². The molecule has 3 aromatic carbocycles. The Kier molecular flexibility index (Phi) is 7.57. The average Bonchev–Trinajstić information content (AvgIpc) is 3.44. The van der Waals surface area contributed by atoms with E-state index in [4.69, 9.17) is 4.74 Å². The number of nitrogens with one attached hydrogen (secondary N) is 1. The van der Waals surface area contributed by atoms with Crippen molar-refractivity contribution in [3.8, 4) is 5.75 Å². The monoisotopic (exact) mass is 567 g/mol. The molecule has 1 N–H and O–H groups in total. The highest BCUT2D eigenvalue weighted by Gasteiger charge is 2.32. The number of aromatic amines is 1. The fourth-order valence-electron chi connectivity index (χ4n) is 4.65. The van der Waals surface area contributed by atoms with Gasteiger partial charge in [-0.2, -0.15) is 0 Å². The number of benzene rings is 3. The number of rotatable bonds is 5. The Labute approximate surface area is 244 Å². The van der Waals surface area contributed by atoms with E-state index in [1.807, 2.05) is 60.7 Å². The second kappa shape index (κ2) is 11.0. The maximum absolute atomic E-state index is 13.8. The molecule has 41 heavy (non-hydrogen) atoms. The van der Waals surface area contributed by atoms with Crippen LogP contribution >= 0.6 is 11.8 Å². The van der Waals surface area contributed by atoms with Crippen LogP contribution < -0.4 is 9.64 Å². The first-order valence-corrected chi connectivity index (χ1v) is 14.2. The maximum atomic E-state index is 13.8. The lowest BCUT2D eigenvalue weighted by molar-refractivity contribution is -0.114. The Bertz CT molecular complexity index is 1580. The van der Waals surface area contributed by atoms with Crippen molar-refractivity contribution in [1.82, 2.24) is 20.6 Å². The first-order chi connectivity index (χ1) is 19.4. The fraction of sp³-hybridized carbons (Fsp3) is 0.281.